The van der Waals surface area contributed by atoms with E-state index in [-0.39, 0.29) is 22.7 Å². The molecule has 2 aromatic rings. The van der Waals surface area contributed by atoms with Crippen molar-refractivity contribution in [2.24, 2.45) is 0 Å². The van der Waals surface area contributed by atoms with Gasteiger partial charge in [0, 0.05) is 13.1 Å². The lowest BCUT2D eigenvalue weighted by atomic mass is 10.4. The molecule has 2 amide bonds. The minimum atomic E-state index is -0.324. The summed E-state index contributed by atoms with van der Waals surface area (Å²) in [4.78, 5) is 27.3. The molecule has 19 heavy (non-hydrogen) atoms. The molecule has 0 saturated carbocycles. The fourth-order valence-electron chi connectivity index (χ4n) is 1.31. The minimum Gasteiger partial charge on any atom is -0.459 e. The summed E-state index contributed by atoms with van der Waals surface area (Å²) < 4.78 is 4.92. The molecule has 0 aliphatic heterocycles. The summed E-state index contributed by atoms with van der Waals surface area (Å²) in [5.74, 6) is -0.397. The quantitative estimate of drug-likeness (QED) is 0.820. The number of hydrogen-bond donors (Lipinski definition) is 2. The van der Waals surface area contributed by atoms with Gasteiger partial charge in [-0.15, -0.1) is 11.3 Å². The minimum absolute atomic E-state index is 0.183. The first-order valence-electron chi connectivity index (χ1n) is 5.37. The monoisotopic (exact) mass is 299 g/mol. The number of aromatic nitrogens is 1. The van der Waals surface area contributed by atoms with Gasteiger partial charge in [0.05, 0.1) is 11.8 Å². The molecule has 0 atom stereocenters. The maximum Gasteiger partial charge on any atom is 0.287 e. The zero-order valence-corrected chi connectivity index (χ0v) is 11.3. The first-order chi connectivity index (χ1) is 9.18. The number of amides is 2. The highest BCUT2D eigenvalue weighted by molar-refractivity contribution is 7.12. The van der Waals surface area contributed by atoms with Crippen LogP contribution in [0.5, 0.6) is 0 Å². The van der Waals surface area contributed by atoms with Gasteiger partial charge in [-0.05, 0) is 12.1 Å². The van der Waals surface area contributed by atoms with Gasteiger partial charge >= 0.3 is 0 Å². The van der Waals surface area contributed by atoms with Gasteiger partial charge in [-0.25, -0.2) is 4.98 Å². The number of nitrogens with one attached hydrogen (secondary N) is 2. The van der Waals surface area contributed by atoms with Crippen molar-refractivity contribution in [3.63, 3.8) is 0 Å². The average molecular weight is 300 g/mol. The van der Waals surface area contributed by atoms with Crippen molar-refractivity contribution in [1.29, 1.82) is 0 Å². The van der Waals surface area contributed by atoms with E-state index in [1.54, 1.807) is 12.1 Å². The zero-order chi connectivity index (χ0) is 13.7. The molecule has 0 aromatic carbocycles. The van der Waals surface area contributed by atoms with E-state index in [2.05, 4.69) is 15.6 Å². The number of rotatable bonds is 5. The van der Waals surface area contributed by atoms with Crippen molar-refractivity contribution in [2.45, 2.75) is 0 Å². The third-order valence-electron chi connectivity index (χ3n) is 2.17. The molecule has 0 aliphatic rings. The first kappa shape index (κ1) is 13.6. The van der Waals surface area contributed by atoms with E-state index in [4.69, 9.17) is 16.0 Å². The molecule has 2 N–H and O–H groups in total. The summed E-state index contributed by atoms with van der Waals surface area (Å²) in [7, 11) is 0. The number of halogens is 1. The molecular weight excluding hydrogens is 290 g/mol. The van der Waals surface area contributed by atoms with Gasteiger partial charge in [-0.1, -0.05) is 11.6 Å². The number of nitrogens with zero attached hydrogens (tertiary/aromatic N) is 1. The summed E-state index contributed by atoms with van der Waals surface area (Å²) in [6.07, 6.45) is 1.42. The topological polar surface area (TPSA) is 84.2 Å². The van der Waals surface area contributed by atoms with E-state index in [9.17, 15) is 9.59 Å². The van der Waals surface area contributed by atoms with Crippen LogP contribution in [0.1, 0.15) is 20.2 Å². The van der Waals surface area contributed by atoms with Crippen LogP contribution in [0.15, 0.2) is 28.3 Å². The Kier molecular flexibility index (Phi) is 4.53. The second-order valence-electron chi connectivity index (χ2n) is 3.46. The lowest BCUT2D eigenvalue weighted by Crippen LogP contribution is -2.34. The smallest absolute Gasteiger partial charge is 0.287 e. The van der Waals surface area contributed by atoms with Gasteiger partial charge < -0.3 is 15.1 Å². The van der Waals surface area contributed by atoms with Crippen LogP contribution in [-0.2, 0) is 0 Å². The highest BCUT2D eigenvalue weighted by Crippen LogP contribution is 2.17. The molecule has 8 heteroatoms. The highest BCUT2D eigenvalue weighted by atomic mass is 35.5. The maximum atomic E-state index is 11.6. The summed E-state index contributed by atoms with van der Waals surface area (Å²) in [6.45, 7) is 0.585. The summed E-state index contributed by atoms with van der Waals surface area (Å²) in [5.41, 5.74) is 1.50. The van der Waals surface area contributed by atoms with Crippen LogP contribution >= 0.6 is 22.9 Å². The SMILES string of the molecule is O=C(NCCNC(=O)c1scnc1Cl)c1ccco1. The Morgan fingerprint density at radius 3 is 2.63 bits per heavy atom. The summed E-state index contributed by atoms with van der Waals surface area (Å²) in [6, 6.07) is 3.19. The van der Waals surface area contributed by atoms with Gasteiger partial charge in [0.1, 0.15) is 4.88 Å². The Morgan fingerprint density at radius 1 is 1.32 bits per heavy atom. The van der Waals surface area contributed by atoms with Crippen molar-refractivity contribution >= 4 is 34.8 Å². The predicted molar refractivity (Wildman–Crippen MR) is 70.5 cm³/mol. The Hall–Kier alpha value is -1.86. The van der Waals surface area contributed by atoms with Crippen molar-refractivity contribution in [3.05, 3.63) is 39.7 Å². The largest absolute Gasteiger partial charge is 0.459 e. The number of furan rings is 1. The highest BCUT2D eigenvalue weighted by Gasteiger charge is 2.12. The van der Waals surface area contributed by atoms with Crippen LogP contribution in [0, 0.1) is 0 Å². The molecule has 6 nitrogen and oxygen atoms in total. The molecule has 0 unspecified atom stereocenters. The number of thiazole rings is 1. The Labute approximate surface area is 117 Å². The van der Waals surface area contributed by atoms with Crippen molar-refractivity contribution in [3.8, 4) is 0 Å². The first-order valence-corrected chi connectivity index (χ1v) is 6.63. The van der Waals surface area contributed by atoms with Gasteiger partial charge in [0.2, 0.25) is 0 Å². The number of carbonyl (C=O) groups excluding carboxylic acids is 2. The second-order valence-corrected chi connectivity index (χ2v) is 4.67. The van der Waals surface area contributed by atoms with Crippen molar-refractivity contribution in [2.75, 3.05) is 13.1 Å². The third-order valence-corrected chi connectivity index (χ3v) is 3.40. The molecule has 0 spiro atoms. The van der Waals surface area contributed by atoms with E-state index in [1.165, 1.54) is 11.8 Å². The lowest BCUT2D eigenvalue weighted by molar-refractivity contribution is 0.0911. The number of hydrogen-bond acceptors (Lipinski definition) is 5. The van der Waals surface area contributed by atoms with Crippen LogP contribution in [0.3, 0.4) is 0 Å². The molecule has 0 saturated heterocycles. The van der Waals surface area contributed by atoms with Gasteiger partial charge in [-0.3, -0.25) is 9.59 Å². The van der Waals surface area contributed by atoms with E-state index >= 15 is 0 Å². The van der Waals surface area contributed by atoms with E-state index < -0.39 is 0 Å². The van der Waals surface area contributed by atoms with E-state index in [1.807, 2.05) is 0 Å². The maximum absolute atomic E-state index is 11.6. The molecule has 0 radical (unpaired) electrons. The molecule has 2 aromatic heterocycles. The predicted octanol–water partition coefficient (Wildman–Crippen LogP) is 1.55. The van der Waals surface area contributed by atoms with E-state index in [0.717, 1.165) is 11.3 Å². The average Bonchev–Trinajstić information content (AvgIpc) is 3.04. The van der Waals surface area contributed by atoms with Crippen LogP contribution in [0.25, 0.3) is 0 Å². The van der Waals surface area contributed by atoms with Gasteiger partial charge in [-0.2, -0.15) is 0 Å². The Bertz CT molecular complexity index is 568. The molecule has 0 aliphatic carbocycles. The van der Waals surface area contributed by atoms with Crippen LogP contribution in [0.4, 0.5) is 0 Å². The van der Waals surface area contributed by atoms with Crippen LogP contribution in [-0.4, -0.2) is 29.9 Å². The van der Waals surface area contributed by atoms with Gasteiger partial charge in [0.25, 0.3) is 11.8 Å². The molecule has 2 heterocycles. The second kappa shape index (κ2) is 6.35. The molecule has 0 fully saturated rings. The van der Waals surface area contributed by atoms with Gasteiger partial charge in [0.15, 0.2) is 10.9 Å². The number of carbonyl (C=O) groups is 2. The Morgan fingerprint density at radius 2 is 2.05 bits per heavy atom. The zero-order valence-electron chi connectivity index (χ0n) is 9.68. The summed E-state index contributed by atoms with van der Waals surface area (Å²) in [5, 5.41) is 5.42. The summed E-state index contributed by atoms with van der Waals surface area (Å²) >= 11 is 6.88. The van der Waals surface area contributed by atoms with Crippen LogP contribution < -0.4 is 10.6 Å². The normalized spacial score (nSPS) is 10.2. The van der Waals surface area contributed by atoms with Crippen molar-refractivity contribution < 1.29 is 14.0 Å². The Balaban J connectivity index is 1.71. The molecule has 100 valence electrons. The lowest BCUT2D eigenvalue weighted by Gasteiger charge is -2.04. The molecule has 2 rings (SSSR count). The molecular formula is C11H10ClN3O3S. The van der Waals surface area contributed by atoms with E-state index in [0.29, 0.717) is 18.0 Å². The third kappa shape index (κ3) is 3.55. The standard InChI is InChI=1S/C11H10ClN3O3S/c12-9-8(19-6-15-9)11(17)14-4-3-13-10(16)7-2-1-5-18-7/h1-2,5-6H,3-4H2,(H,13,16)(H,14,17). The fourth-order valence-corrected chi connectivity index (χ4v) is 2.23. The fraction of sp³-hybridized carbons (Fsp3) is 0.182. The molecule has 0 bridgehead atoms. The van der Waals surface area contributed by atoms with Crippen molar-refractivity contribution in [1.82, 2.24) is 15.6 Å². The van der Waals surface area contributed by atoms with Crippen LogP contribution in [0.2, 0.25) is 5.15 Å².